The number of aromatic nitrogens is 1. The molecular weight excluding hydrogens is 254 g/mol. The molecule has 0 aliphatic heterocycles. The Bertz CT molecular complexity index is 630. The number of hydrogen-bond donors (Lipinski definition) is 2. The predicted molar refractivity (Wildman–Crippen MR) is 78.1 cm³/mol. The summed E-state index contributed by atoms with van der Waals surface area (Å²) < 4.78 is 7.99. The standard InChI is InChI=1S/C16H21NO3/c1-17-13-5-3-2-4-12(13)15-14(17)7-6-11(10-19)16(15)20-9-8-18/h6-7,18-19H,2-5,8-10H2,1H3. The monoisotopic (exact) mass is 275 g/mol. The van der Waals surface area contributed by atoms with E-state index in [4.69, 9.17) is 9.84 Å². The van der Waals surface area contributed by atoms with Crippen molar-refractivity contribution in [1.82, 2.24) is 4.57 Å². The van der Waals surface area contributed by atoms with Crippen molar-refractivity contribution in [2.45, 2.75) is 32.3 Å². The van der Waals surface area contributed by atoms with E-state index >= 15 is 0 Å². The quantitative estimate of drug-likeness (QED) is 0.896. The molecule has 0 bridgehead atoms. The van der Waals surface area contributed by atoms with Gasteiger partial charge in [-0.2, -0.15) is 0 Å². The second kappa shape index (κ2) is 5.46. The Morgan fingerprint density at radius 3 is 2.75 bits per heavy atom. The van der Waals surface area contributed by atoms with Crippen LogP contribution >= 0.6 is 0 Å². The molecule has 4 heteroatoms. The normalized spacial score (nSPS) is 14.6. The van der Waals surface area contributed by atoms with Crippen LogP contribution in [0.3, 0.4) is 0 Å². The van der Waals surface area contributed by atoms with E-state index in [2.05, 4.69) is 17.7 Å². The van der Waals surface area contributed by atoms with Crippen LogP contribution in [-0.2, 0) is 26.5 Å². The molecule has 0 unspecified atom stereocenters. The number of aliphatic hydroxyl groups excluding tert-OH is 2. The fourth-order valence-electron chi connectivity index (χ4n) is 3.30. The van der Waals surface area contributed by atoms with Gasteiger partial charge in [-0.05, 0) is 37.3 Å². The van der Waals surface area contributed by atoms with Gasteiger partial charge in [0, 0.05) is 23.7 Å². The molecule has 4 nitrogen and oxygen atoms in total. The molecule has 1 heterocycles. The van der Waals surface area contributed by atoms with Gasteiger partial charge >= 0.3 is 0 Å². The van der Waals surface area contributed by atoms with Crippen LogP contribution in [0, 0.1) is 0 Å². The Kier molecular flexibility index (Phi) is 3.68. The number of rotatable bonds is 4. The van der Waals surface area contributed by atoms with E-state index in [0.717, 1.165) is 35.1 Å². The fourth-order valence-corrected chi connectivity index (χ4v) is 3.30. The van der Waals surface area contributed by atoms with E-state index in [1.54, 1.807) is 0 Å². The third kappa shape index (κ3) is 2.00. The van der Waals surface area contributed by atoms with E-state index in [0.29, 0.717) is 0 Å². The first-order valence-electron chi connectivity index (χ1n) is 7.24. The van der Waals surface area contributed by atoms with Gasteiger partial charge < -0.3 is 19.5 Å². The first-order valence-corrected chi connectivity index (χ1v) is 7.24. The average Bonchev–Trinajstić information content (AvgIpc) is 2.79. The molecule has 0 spiro atoms. The van der Waals surface area contributed by atoms with E-state index in [1.165, 1.54) is 24.1 Å². The minimum absolute atomic E-state index is 0.0176. The molecule has 1 aliphatic carbocycles. The van der Waals surface area contributed by atoms with Crippen molar-refractivity contribution in [2.24, 2.45) is 7.05 Å². The summed E-state index contributed by atoms with van der Waals surface area (Å²) in [5.74, 6) is 0.748. The highest BCUT2D eigenvalue weighted by atomic mass is 16.5. The van der Waals surface area contributed by atoms with Gasteiger partial charge in [-0.15, -0.1) is 0 Å². The fraction of sp³-hybridized carbons (Fsp3) is 0.500. The Morgan fingerprint density at radius 2 is 2.00 bits per heavy atom. The molecule has 2 aromatic rings. The van der Waals surface area contributed by atoms with Crippen LogP contribution in [0.4, 0.5) is 0 Å². The molecule has 1 aliphatic rings. The number of hydrogen-bond acceptors (Lipinski definition) is 3. The zero-order valence-corrected chi connectivity index (χ0v) is 11.9. The van der Waals surface area contributed by atoms with Gasteiger partial charge in [-0.1, -0.05) is 6.07 Å². The summed E-state index contributed by atoms with van der Waals surface area (Å²) in [6.07, 6.45) is 4.61. The van der Waals surface area contributed by atoms with Gasteiger partial charge in [0.25, 0.3) is 0 Å². The molecule has 3 rings (SSSR count). The van der Waals surface area contributed by atoms with E-state index < -0.39 is 0 Å². The molecule has 20 heavy (non-hydrogen) atoms. The van der Waals surface area contributed by atoms with Crippen LogP contribution in [0.2, 0.25) is 0 Å². The second-order valence-corrected chi connectivity index (χ2v) is 5.37. The van der Waals surface area contributed by atoms with E-state index in [9.17, 15) is 5.11 Å². The summed E-state index contributed by atoms with van der Waals surface area (Å²) in [5, 5.41) is 19.7. The lowest BCUT2D eigenvalue weighted by Crippen LogP contribution is -2.06. The van der Waals surface area contributed by atoms with Crippen molar-refractivity contribution in [3.8, 4) is 5.75 Å². The minimum Gasteiger partial charge on any atom is -0.490 e. The minimum atomic E-state index is -0.0413. The zero-order valence-electron chi connectivity index (χ0n) is 11.9. The number of fused-ring (bicyclic) bond motifs is 3. The van der Waals surface area contributed by atoms with Crippen molar-refractivity contribution >= 4 is 10.9 Å². The lowest BCUT2D eigenvalue weighted by Gasteiger charge is -2.15. The van der Waals surface area contributed by atoms with Crippen molar-refractivity contribution in [3.63, 3.8) is 0 Å². The average molecular weight is 275 g/mol. The molecule has 0 saturated heterocycles. The summed E-state index contributed by atoms with van der Waals surface area (Å²) in [4.78, 5) is 0. The molecule has 1 aromatic carbocycles. The summed E-state index contributed by atoms with van der Waals surface area (Å²) in [6, 6.07) is 3.98. The molecule has 0 fully saturated rings. The Hall–Kier alpha value is -1.52. The number of ether oxygens (including phenoxy) is 1. The first-order chi connectivity index (χ1) is 9.77. The van der Waals surface area contributed by atoms with Crippen LogP contribution in [0.25, 0.3) is 10.9 Å². The summed E-state index contributed by atoms with van der Waals surface area (Å²) in [7, 11) is 2.10. The molecule has 0 radical (unpaired) electrons. The third-order valence-electron chi connectivity index (χ3n) is 4.23. The lowest BCUT2D eigenvalue weighted by molar-refractivity contribution is 0.197. The first kappa shape index (κ1) is 13.5. The number of nitrogens with zero attached hydrogens (tertiary/aromatic N) is 1. The van der Waals surface area contributed by atoms with Crippen LogP contribution in [0.5, 0.6) is 5.75 Å². The SMILES string of the molecule is Cn1c2c(c3c(OCCO)c(CO)ccc31)CCCC2. The van der Waals surface area contributed by atoms with Crippen LogP contribution in [-0.4, -0.2) is 28.0 Å². The van der Waals surface area contributed by atoms with Crippen LogP contribution in [0.1, 0.15) is 29.7 Å². The largest absolute Gasteiger partial charge is 0.490 e. The molecule has 2 N–H and O–H groups in total. The van der Waals surface area contributed by atoms with Gasteiger partial charge in [0.05, 0.1) is 18.7 Å². The molecule has 1 aromatic heterocycles. The highest BCUT2D eigenvalue weighted by molar-refractivity contribution is 5.92. The Morgan fingerprint density at radius 1 is 1.20 bits per heavy atom. The van der Waals surface area contributed by atoms with Crippen molar-refractivity contribution in [1.29, 1.82) is 0 Å². The highest BCUT2D eigenvalue weighted by Crippen LogP contribution is 2.39. The number of aliphatic hydroxyl groups is 2. The van der Waals surface area contributed by atoms with Gasteiger partial charge in [-0.3, -0.25) is 0 Å². The molecule has 0 atom stereocenters. The maximum absolute atomic E-state index is 9.54. The van der Waals surface area contributed by atoms with Gasteiger partial charge in [0.1, 0.15) is 12.4 Å². The summed E-state index contributed by atoms with van der Waals surface area (Å²) in [5.41, 5.74) is 4.69. The van der Waals surface area contributed by atoms with Gasteiger partial charge in [-0.25, -0.2) is 0 Å². The molecule has 0 saturated carbocycles. The third-order valence-corrected chi connectivity index (χ3v) is 4.23. The van der Waals surface area contributed by atoms with Crippen molar-refractivity contribution < 1.29 is 14.9 Å². The Labute approximate surface area is 118 Å². The number of aryl methyl sites for hydroxylation is 2. The van der Waals surface area contributed by atoms with Gasteiger partial charge in [0.2, 0.25) is 0 Å². The second-order valence-electron chi connectivity index (χ2n) is 5.37. The molecule has 108 valence electrons. The molecular formula is C16H21NO3. The molecule has 0 amide bonds. The van der Waals surface area contributed by atoms with Gasteiger partial charge in [0.15, 0.2) is 0 Å². The Balaban J connectivity index is 2.26. The van der Waals surface area contributed by atoms with E-state index in [1.807, 2.05) is 6.07 Å². The van der Waals surface area contributed by atoms with Crippen molar-refractivity contribution in [2.75, 3.05) is 13.2 Å². The van der Waals surface area contributed by atoms with Crippen molar-refractivity contribution in [3.05, 3.63) is 29.0 Å². The van der Waals surface area contributed by atoms with Crippen LogP contribution in [0.15, 0.2) is 12.1 Å². The highest BCUT2D eigenvalue weighted by Gasteiger charge is 2.22. The summed E-state index contributed by atoms with van der Waals surface area (Å²) >= 11 is 0. The lowest BCUT2D eigenvalue weighted by atomic mass is 9.94. The van der Waals surface area contributed by atoms with Crippen LogP contribution < -0.4 is 4.74 Å². The maximum Gasteiger partial charge on any atom is 0.134 e. The summed E-state index contributed by atoms with van der Waals surface area (Å²) in [6.45, 7) is 0.201. The predicted octanol–water partition coefficient (Wildman–Crippen LogP) is 1.92. The topological polar surface area (TPSA) is 54.6 Å². The number of benzene rings is 1. The smallest absolute Gasteiger partial charge is 0.134 e. The maximum atomic E-state index is 9.54. The van der Waals surface area contributed by atoms with E-state index in [-0.39, 0.29) is 19.8 Å². The zero-order chi connectivity index (χ0) is 14.1.